The normalized spacial score (nSPS) is 12.1. The molecule has 5 heterocycles. The van der Waals surface area contributed by atoms with Crippen LogP contribution < -0.4 is 0 Å². The molecule has 10 aromatic carbocycles. The zero-order valence-corrected chi connectivity index (χ0v) is 37.1. The average molecular weight is 882 g/mol. The topological polar surface area (TPSA) is 49.4 Å². The molecule has 7 nitrogen and oxygen atoms in total. The minimum absolute atomic E-state index is 0.861. The van der Waals surface area contributed by atoms with Crippen LogP contribution in [0.3, 0.4) is 0 Å². The number of aromatic nitrogens is 7. The number of nitrogens with zero attached hydrogens (tertiary/aromatic N) is 7. The molecule has 0 aliphatic rings. The van der Waals surface area contributed by atoms with E-state index in [0.29, 0.717) is 0 Å². The monoisotopic (exact) mass is 881 g/mol. The summed E-state index contributed by atoms with van der Waals surface area (Å²) in [5, 5.41) is 2.35. The predicted octanol–water partition coefficient (Wildman–Crippen LogP) is 15.3. The summed E-state index contributed by atoms with van der Waals surface area (Å²) in [5.74, 6) is 1.74. The fourth-order valence-corrected chi connectivity index (χ4v) is 11.2. The molecule has 15 aromatic rings. The first-order valence-electron chi connectivity index (χ1n) is 23.4. The van der Waals surface area contributed by atoms with Gasteiger partial charge in [-0.1, -0.05) is 152 Å². The standard InChI is InChI=1S/C62H39N7/c1-3-18-40(19-4-1)46-23-17-24-47(41-20-5-2-6-21-41)60(46)42-36-44(38-45(37-42)67-56-31-14-16-33-58(56)69-54-29-12-9-26-51(54)64-62(67)69)65-52-27-10-7-22-48(52)49-35-34-43(39-59(49)65)66-55-30-13-15-32-57(55)68-53-28-11-8-25-50(53)63-61(66)68/h1-39H. The highest BCUT2D eigenvalue weighted by Crippen LogP contribution is 2.44. The summed E-state index contributed by atoms with van der Waals surface area (Å²) in [6, 6.07) is 85.2. The third-order valence-corrected chi connectivity index (χ3v) is 14.1. The van der Waals surface area contributed by atoms with Gasteiger partial charge in [0.25, 0.3) is 0 Å². The summed E-state index contributed by atoms with van der Waals surface area (Å²) in [6.45, 7) is 0. The van der Waals surface area contributed by atoms with Crippen molar-refractivity contribution in [2.75, 3.05) is 0 Å². The summed E-state index contributed by atoms with van der Waals surface area (Å²) in [4.78, 5) is 10.6. The third-order valence-electron chi connectivity index (χ3n) is 14.1. The van der Waals surface area contributed by atoms with E-state index in [0.717, 1.165) is 117 Å². The Hall–Kier alpha value is -9.46. The Morgan fingerprint density at radius 2 is 0.710 bits per heavy atom. The van der Waals surface area contributed by atoms with Crippen LogP contribution in [0.25, 0.3) is 128 Å². The Morgan fingerprint density at radius 1 is 0.261 bits per heavy atom. The minimum Gasteiger partial charge on any atom is -0.309 e. The van der Waals surface area contributed by atoms with Crippen molar-refractivity contribution in [2.24, 2.45) is 0 Å². The van der Waals surface area contributed by atoms with Crippen molar-refractivity contribution in [3.05, 3.63) is 237 Å². The van der Waals surface area contributed by atoms with Crippen molar-refractivity contribution in [3.8, 4) is 50.4 Å². The molecule has 0 amide bonds. The highest BCUT2D eigenvalue weighted by molar-refractivity contribution is 6.10. The van der Waals surface area contributed by atoms with Gasteiger partial charge in [-0.2, -0.15) is 0 Å². The molecule has 0 radical (unpaired) electrons. The zero-order valence-electron chi connectivity index (χ0n) is 37.1. The molecule has 7 heteroatoms. The van der Waals surface area contributed by atoms with Gasteiger partial charge in [-0.05, 0) is 118 Å². The van der Waals surface area contributed by atoms with Crippen LogP contribution in [0, 0.1) is 0 Å². The van der Waals surface area contributed by atoms with Gasteiger partial charge in [0.05, 0.1) is 66.5 Å². The fraction of sp³-hybridized carbons (Fsp3) is 0. The average Bonchev–Trinajstić information content (AvgIpc) is 4.21. The molecule has 0 saturated heterocycles. The zero-order chi connectivity index (χ0) is 45.2. The molecule has 0 unspecified atom stereocenters. The lowest BCUT2D eigenvalue weighted by molar-refractivity contribution is 1.09. The minimum atomic E-state index is 0.861. The Bertz CT molecular complexity index is 4490. The van der Waals surface area contributed by atoms with E-state index >= 15 is 0 Å². The van der Waals surface area contributed by atoms with Crippen LogP contribution in [-0.4, -0.2) is 32.5 Å². The van der Waals surface area contributed by atoms with Crippen LogP contribution in [0.4, 0.5) is 0 Å². The number of hydrogen-bond donors (Lipinski definition) is 0. The van der Waals surface area contributed by atoms with E-state index < -0.39 is 0 Å². The van der Waals surface area contributed by atoms with Crippen molar-refractivity contribution in [2.45, 2.75) is 0 Å². The maximum atomic E-state index is 5.37. The number of imidazole rings is 4. The predicted molar refractivity (Wildman–Crippen MR) is 283 cm³/mol. The summed E-state index contributed by atoms with van der Waals surface area (Å²) < 4.78 is 11.7. The number of para-hydroxylation sites is 9. The third kappa shape index (κ3) is 5.50. The molecule has 0 atom stereocenters. The molecular formula is C62H39N7. The van der Waals surface area contributed by atoms with E-state index in [2.05, 4.69) is 259 Å². The molecule has 5 aromatic heterocycles. The van der Waals surface area contributed by atoms with E-state index in [1.165, 1.54) is 10.8 Å². The second kappa shape index (κ2) is 14.5. The van der Waals surface area contributed by atoms with Gasteiger partial charge >= 0.3 is 0 Å². The first kappa shape index (κ1) is 37.7. The van der Waals surface area contributed by atoms with Gasteiger partial charge in [0, 0.05) is 16.5 Å². The van der Waals surface area contributed by atoms with Gasteiger partial charge in [0.1, 0.15) is 0 Å². The summed E-state index contributed by atoms with van der Waals surface area (Å²) in [5.41, 5.74) is 20.7. The highest BCUT2D eigenvalue weighted by atomic mass is 15.2. The van der Waals surface area contributed by atoms with Crippen molar-refractivity contribution in [1.29, 1.82) is 0 Å². The van der Waals surface area contributed by atoms with Gasteiger partial charge in [0.15, 0.2) is 0 Å². The molecule has 15 rings (SSSR count). The highest BCUT2D eigenvalue weighted by Gasteiger charge is 2.24. The van der Waals surface area contributed by atoms with Gasteiger partial charge in [-0.15, -0.1) is 0 Å². The molecule has 322 valence electrons. The Labute approximate surface area is 395 Å². The molecule has 0 bridgehead atoms. The Morgan fingerprint density at radius 3 is 1.29 bits per heavy atom. The summed E-state index contributed by atoms with van der Waals surface area (Å²) >= 11 is 0. The number of rotatable bonds is 6. The van der Waals surface area contributed by atoms with Crippen LogP contribution in [0.2, 0.25) is 0 Å². The van der Waals surface area contributed by atoms with Gasteiger partial charge in [0.2, 0.25) is 11.6 Å². The lowest BCUT2D eigenvalue weighted by atomic mass is 9.87. The smallest absolute Gasteiger partial charge is 0.220 e. The van der Waals surface area contributed by atoms with E-state index in [9.17, 15) is 0 Å². The molecule has 0 spiro atoms. The molecule has 0 aliphatic carbocycles. The molecule has 0 saturated carbocycles. The van der Waals surface area contributed by atoms with E-state index in [-0.39, 0.29) is 0 Å². The van der Waals surface area contributed by atoms with Crippen LogP contribution in [-0.2, 0) is 0 Å². The molecular weight excluding hydrogens is 843 g/mol. The maximum Gasteiger partial charge on any atom is 0.220 e. The van der Waals surface area contributed by atoms with Crippen molar-refractivity contribution in [3.63, 3.8) is 0 Å². The largest absolute Gasteiger partial charge is 0.309 e. The van der Waals surface area contributed by atoms with Crippen LogP contribution in [0.15, 0.2) is 237 Å². The van der Waals surface area contributed by atoms with Gasteiger partial charge in [-0.3, -0.25) is 17.9 Å². The lowest BCUT2D eigenvalue weighted by Crippen LogP contribution is -2.02. The van der Waals surface area contributed by atoms with Gasteiger partial charge < -0.3 is 4.57 Å². The quantitative estimate of drug-likeness (QED) is 0.167. The molecule has 0 N–H and O–H groups in total. The van der Waals surface area contributed by atoms with Crippen LogP contribution >= 0.6 is 0 Å². The summed E-state index contributed by atoms with van der Waals surface area (Å²) in [7, 11) is 0. The van der Waals surface area contributed by atoms with Crippen LogP contribution in [0.5, 0.6) is 0 Å². The molecule has 0 fully saturated rings. The Balaban J connectivity index is 1.07. The fourth-order valence-electron chi connectivity index (χ4n) is 11.2. The van der Waals surface area contributed by atoms with Crippen LogP contribution in [0.1, 0.15) is 0 Å². The summed E-state index contributed by atoms with van der Waals surface area (Å²) in [6.07, 6.45) is 0. The number of benzene rings is 10. The maximum absolute atomic E-state index is 5.37. The first-order chi connectivity index (χ1) is 34.2. The van der Waals surface area contributed by atoms with Crippen molar-refractivity contribution < 1.29 is 0 Å². The number of fused-ring (bicyclic) bond motifs is 13. The lowest BCUT2D eigenvalue weighted by Gasteiger charge is -2.20. The van der Waals surface area contributed by atoms with E-state index in [1.807, 2.05) is 0 Å². The molecule has 69 heavy (non-hydrogen) atoms. The number of hydrogen-bond acceptors (Lipinski definition) is 2. The van der Waals surface area contributed by atoms with Crippen molar-refractivity contribution in [1.82, 2.24) is 32.5 Å². The second-order valence-electron chi connectivity index (χ2n) is 17.9. The van der Waals surface area contributed by atoms with Gasteiger partial charge in [-0.25, -0.2) is 9.97 Å². The first-order valence-corrected chi connectivity index (χ1v) is 23.4. The Kier molecular flexibility index (Phi) is 7.94. The SMILES string of the molecule is c1ccc(-c2cccc(-c3ccccc3)c2-c2cc(-n3c4ccccc4c4ccc(-n5c6ccccc6n6c7ccccc7nc56)cc43)cc(-n3c4ccccc4n4c5ccccc5nc34)c2)cc1. The second-order valence-corrected chi connectivity index (χ2v) is 17.9. The van der Waals surface area contributed by atoms with Crippen molar-refractivity contribution >= 4 is 77.5 Å². The molecule has 0 aliphatic heterocycles. The van der Waals surface area contributed by atoms with E-state index in [4.69, 9.17) is 9.97 Å². The van der Waals surface area contributed by atoms with E-state index in [1.54, 1.807) is 0 Å².